The summed E-state index contributed by atoms with van der Waals surface area (Å²) in [5.74, 6) is -0.812. The maximum atomic E-state index is 12.9. The van der Waals surface area contributed by atoms with E-state index in [0.717, 1.165) is 12.7 Å². The highest BCUT2D eigenvalue weighted by Gasteiger charge is 2.30. The molecule has 1 atom stereocenters. The van der Waals surface area contributed by atoms with Crippen molar-refractivity contribution in [2.45, 2.75) is 17.4 Å². The SMILES string of the molecule is COC(=O)C(C#N)N=Nc1ccc(S(=O)(=O)N2CCc3ccccc32)cc1. The quantitative estimate of drug-likeness (QED) is 0.581. The predicted octanol–water partition coefficient (Wildman–Crippen LogP) is 2.59. The molecular weight excluding hydrogens is 368 g/mol. The first-order valence-electron chi connectivity index (χ1n) is 8.06. The molecule has 0 saturated heterocycles. The van der Waals surface area contributed by atoms with Crippen LogP contribution in [0, 0.1) is 11.3 Å². The number of azo groups is 1. The lowest BCUT2D eigenvalue weighted by molar-refractivity contribution is -0.140. The molecule has 0 radical (unpaired) electrons. The van der Waals surface area contributed by atoms with Gasteiger partial charge >= 0.3 is 5.97 Å². The number of hydrogen-bond donors (Lipinski definition) is 0. The molecule has 1 aliphatic heterocycles. The predicted molar refractivity (Wildman–Crippen MR) is 97.1 cm³/mol. The summed E-state index contributed by atoms with van der Waals surface area (Å²) in [6.07, 6.45) is 0.671. The van der Waals surface area contributed by atoms with Crippen molar-refractivity contribution in [3.8, 4) is 6.07 Å². The number of nitrogens with zero attached hydrogens (tertiary/aromatic N) is 4. The molecule has 9 heteroatoms. The van der Waals surface area contributed by atoms with Gasteiger partial charge in [-0.05, 0) is 42.3 Å². The first-order valence-corrected chi connectivity index (χ1v) is 9.50. The molecule has 0 spiro atoms. The number of rotatable bonds is 5. The third-order valence-corrected chi connectivity index (χ3v) is 5.93. The molecule has 2 aromatic carbocycles. The third-order valence-electron chi connectivity index (χ3n) is 4.10. The van der Waals surface area contributed by atoms with E-state index in [4.69, 9.17) is 5.26 Å². The molecule has 2 aromatic rings. The van der Waals surface area contributed by atoms with E-state index in [1.807, 2.05) is 18.2 Å². The maximum absolute atomic E-state index is 12.9. The number of carbonyl (C=O) groups is 1. The molecule has 8 nitrogen and oxygen atoms in total. The summed E-state index contributed by atoms with van der Waals surface area (Å²) in [6.45, 7) is 0.395. The minimum Gasteiger partial charge on any atom is -0.467 e. The third kappa shape index (κ3) is 3.66. The Labute approximate surface area is 156 Å². The zero-order chi connectivity index (χ0) is 19.4. The number of nitriles is 1. The van der Waals surface area contributed by atoms with Gasteiger partial charge in [-0.2, -0.15) is 15.5 Å². The normalized spacial score (nSPS) is 14.6. The smallest absolute Gasteiger partial charge is 0.347 e. The number of esters is 1. The van der Waals surface area contributed by atoms with Gasteiger partial charge in [-0.25, -0.2) is 13.2 Å². The summed E-state index contributed by atoms with van der Waals surface area (Å²) in [7, 11) is -2.54. The fourth-order valence-electron chi connectivity index (χ4n) is 2.73. The molecule has 138 valence electrons. The van der Waals surface area contributed by atoms with Crippen LogP contribution in [0.25, 0.3) is 0 Å². The van der Waals surface area contributed by atoms with Crippen LogP contribution in [-0.4, -0.2) is 34.1 Å². The van der Waals surface area contributed by atoms with E-state index >= 15 is 0 Å². The summed E-state index contributed by atoms with van der Waals surface area (Å²) in [6, 6.07) is 13.5. The van der Waals surface area contributed by atoms with E-state index < -0.39 is 22.0 Å². The topological polar surface area (TPSA) is 112 Å². The highest BCUT2D eigenvalue weighted by Crippen LogP contribution is 2.33. The van der Waals surface area contributed by atoms with E-state index in [2.05, 4.69) is 15.0 Å². The second-order valence-electron chi connectivity index (χ2n) is 5.72. The van der Waals surface area contributed by atoms with Crippen LogP contribution >= 0.6 is 0 Å². The summed E-state index contributed by atoms with van der Waals surface area (Å²) < 4.78 is 31.7. The fourth-order valence-corrected chi connectivity index (χ4v) is 4.23. The molecular formula is C18H16N4O4S. The average molecular weight is 384 g/mol. The van der Waals surface area contributed by atoms with Crippen molar-refractivity contribution in [2.75, 3.05) is 18.0 Å². The lowest BCUT2D eigenvalue weighted by Crippen LogP contribution is -2.29. The number of hydrogen-bond acceptors (Lipinski definition) is 7. The van der Waals surface area contributed by atoms with Gasteiger partial charge in [0, 0.05) is 6.54 Å². The van der Waals surface area contributed by atoms with E-state index in [1.54, 1.807) is 12.1 Å². The summed E-state index contributed by atoms with van der Waals surface area (Å²) >= 11 is 0. The van der Waals surface area contributed by atoms with Gasteiger partial charge in [0.2, 0.25) is 0 Å². The van der Waals surface area contributed by atoms with Gasteiger partial charge in [-0.3, -0.25) is 4.31 Å². The Hall–Kier alpha value is -3.25. The van der Waals surface area contributed by atoms with Crippen LogP contribution in [-0.2, 0) is 26.0 Å². The zero-order valence-electron chi connectivity index (χ0n) is 14.4. The van der Waals surface area contributed by atoms with Crippen molar-refractivity contribution in [3.63, 3.8) is 0 Å². The Morgan fingerprint density at radius 1 is 1.22 bits per heavy atom. The van der Waals surface area contributed by atoms with E-state index in [0.29, 0.717) is 24.3 Å². The van der Waals surface area contributed by atoms with Gasteiger partial charge in [0.1, 0.15) is 6.07 Å². The second kappa shape index (κ2) is 7.55. The van der Waals surface area contributed by atoms with Crippen LogP contribution in [0.4, 0.5) is 11.4 Å². The number of anilines is 1. The number of methoxy groups -OCH3 is 1. The van der Waals surface area contributed by atoms with E-state index in [9.17, 15) is 13.2 Å². The maximum Gasteiger partial charge on any atom is 0.347 e. The molecule has 0 aromatic heterocycles. The standard InChI is InChI=1S/C18H16N4O4S/c1-26-18(23)16(12-19)21-20-14-6-8-15(9-7-14)27(24,25)22-11-10-13-4-2-3-5-17(13)22/h2-9,16H,10-11H2,1H3. The second-order valence-corrected chi connectivity index (χ2v) is 7.58. The molecule has 0 amide bonds. The molecule has 27 heavy (non-hydrogen) atoms. The van der Waals surface area contributed by atoms with Crippen molar-refractivity contribution in [3.05, 3.63) is 54.1 Å². The summed E-state index contributed by atoms with van der Waals surface area (Å²) in [5, 5.41) is 16.3. The number of fused-ring (bicyclic) bond motifs is 1. The van der Waals surface area contributed by atoms with Gasteiger partial charge in [-0.15, -0.1) is 0 Å². The molecule has 1 aliphatic rings. The molecule has 3 rings (SSSR count). The van der Waals surface area contributed by atoms with Crippen molar-refractivity contribution >= 4 is 27.4 Å². The molecule has 0 bridgehead atoms. The minimum absolute atomic E-state index is 0.128. The van der Waals surface area contributed by atoms with E-state index in [-0.39, 0.29) is 4.90 Å². The number of sulfonamides is 1. The monoisotopic (exact) mass is 384 g/mol. The zero-order valence-corrected chi connectivity index (χ0v) is 15.3. The van der Waals surface area contributed by atoms with Gasteiger partial charge in [0.25, 0.3) is 16.1 Å². The highest BCUT2D eigenvalue weighted by molar-refractivity contribution is 7.92. The summed E-state index contributed by atoms with van der Waals surface area (Å²) in [5.41, 5.74) is 2.01. The Morgan fingerprint density at radius 3 is 2.59 bits per heavy atom. The van der Waals surface area contributed by atoms with Crippen LogP contribution in [0.15, 0.2) is 63.7 Å². The Balaban J connectivity index is 1.81. The Bertz CT molecular complexity index is 1030. The lowest BCUT2D eigenvalue weighted by atomic mass is 10.2. The summed E-state index contributed by atoms with van der Waals surface area (Å²) in [4.78, 5) is 11.4. The van der Waals surface area contributed by atoms with Crippen molar-refractivity contribution < 1.29 is 17.9 Å². The van der Waals surface area contributed by atoms with Crippen molar-refractivity contribution in [1.29, 1.82) is 5.26 Å². The Morgan fingerprint density at radius 2 is 1.93 bits per heavy atom. The molecule has 0 saturated carbocycles. The molecule has 1 heterocycles. The van der Waals surface area contributed by atoms with Gasteiger partial charge in [0.15, 0.2) is 0 Å². The minimum atomic E-state index is -3.69. The van der Waals surface area contributed by atoms with Crippen LogP contribution in [0.5, 0.6) is 0 Å². The number of para-hydroxylation sites is 1. The van der Waals surface area contributed by atoms with Gasteiger partial charge in [0.05, 0.1) is 23.4 Å². The van der Waals surface area contributed by atoms with Crippen LogP contribution in [0.2, 0.25) is 0 Å². The van der Waals surface area contributed by atoms with Gasteiger partial charge in [-0.1, -0.05) is 18.2 Å². The molecule has 1 unspecified atom stereocenters. The first-order chi connectivity index (χ1) is 13.0. The van der Waals surface area contributed by atoms with Crippen molar-refractivity contribution in [2.24, 2.45) is 10.2 Å². The molecule has 0 N–H and O–H groups in total. The van der Waals surface area contributed by atoms with Gasteiger partial charge < -0.3 is 4.74 Å². The number of ether oxygens (including phenoxy) is 1. The van der Waals surface area contributed by atoms with Crippen LogP contribution in [0.3, 0.4) is 0 Å². The number of benzene rings is 2. The van der Waals surface area contributed by atoms with Crippen LogP contribution in [0.1, 0.15) is 5.56 Å². The lowest BCUT2D eigenvalue weighted by Gasteiger charge is -2.19. The van der Waals surface area contributed by atoms with Crippen LogP contribution < -0.4 is 4.31 Å². The van der Waals surface area contributed by atoms with Crippen molar-refractivity contribution in [1.82, 2.24) is 0 Å². The molecule has 0 fully saturated rings. The largest absolute Gasteiger partial charge is 0.467 e. The van der Waals surface area contributed by atoms with E-state index in [1.165, 1.54) is 28.6 Å². The fraction of sp³-hybridized carbons (Fsp3) is 0.222. The highest BCUT2D eigenvalue weighted by atomic mass is 32.2. The first kappa shape index (κ1) is 18.5. The Kier molecular flexibility index (Phi) is 5.19. The molecule has 0 aliphatic carbocycles. The average Bonchev–Trinajstić information content (AvgIpc) is 3.13. The number of carbonyl (C=O) groups excluding carboxylic acids is 1.